The van der Waals surface area contributed by atoms with Crippen LogP contribution in [-0.4, -0.2) is 70.1 Å². The maximum Gasteiger partial charge on any atom is 0.204 e. The molecule has 3 aromatic rings. The molecule has 6 bridgehead atoms. The van der Waals surface area contributed by atoms with Crippen molar-refractivity contribution in [1.29, 1.82) is 0 Å². The number of rotatable bonds is 6. The van der Waals surface area contributed by atoms with Crippen LogP contribution in [0.1, 0.15) is 53.6 Å². The SMILES string of the molecule is COc1cc(CC(=O)C2C=CC=CC2)c2cc1Oc1ccc(cc1)C[C@H]1C=CC(=C(C)/C=C/CCN1C)Oc1c(OC)c(OC)cc3c1[C@H](C2)N(C)CC3. The fraction of sp³-hybridized carbons (Fsp3) is 0.370. The minimum atomic E-state index is -0.160. The zero-order valence-electron chi connectivity index (χ0n) is 32.4. The second kappa shape index (κ2) is 16.5. The highest BCUT2D eigenvalue weighted by atomic mass is 16.5. The number of carbonyl (C=O) groups is 1. The monoisotopic (exact) mass is 728 g/mol. The molecule has 8 heteroatoms. The molecule has 282 valence electrons. The minimum absolute atomic E-state index is 0.117. The predicted octanol–water partition coefficient (Wildman–Crippen LogP) is 8.55. The fourth-order valence-corrected chi connectivity index (χ4v) is 7.99. The summed E-state index contributed by atoms with van der Waals surface area (Å²) in [6, 6.07) is 14.5. The van der Waals surface area contributed by atoms with Gasteiger partial charge in [-0.05, 0) is 117 Å². The van der Waals surface area contributed by atoms with Crippen molar-refractivity contribution in [3.63, 3.8) is 0 Å². The molecule has 8 rings (SSSR count). The van der Waals surface area contributed by atoms with Crippen LogP contribution in [0.5, 0.6) is 34.5 Å². The van der Waals surface area contributed by atoms with Gasteiger partial charge in [0.05, 0.1) is 21.3 Å². The number of nitrogens with zero attached hydrogens (tertiary/aromatic N) is 2. The smallest absolute Gasteiger partial charge is 0.204 e. The number of fused-ring (bicyclic) bond motifs is 2. The average molecular weight is 729 g/mol. The highest BCUT2D eigenvalue weighted by Crippen LogP contribution is 2.50. The molecule has 0 fully saturated rings. The molecule has 0 radical (unpaired) electrons. The van der Waals surface area contributed by atoms with E-state index in [-0.39, 0.29) is 30.2 Å². The fourth-order valence-electron chi connectivity index (χ4n) is 7.99. The molecule has 0 saturated heterocycles. The van der Waals surface area contributed by atoms with Gasteiger partial charge in [-0.3, -0.25) is 14.6 Å². The van der Waals surface area contributed by atoms with Gasteiger partial charge in [-0.2, -0.15) is 0 Å². The lowest BCUT2D eigenvalue weighted by atomic mass is 9.84. The maximum absolute atomic E-state index is 13.8. The van der Waals surface area contributed by atoms with E-state index in [1.165, 1.54) is 5.56 Å². The Hall–Kier alpha value is -5.05. The van der Waals surface area contributed by atoms with Crippen LogP contribution in [0.4, 0.5) is 0 Å². The summed E-state index contributed by atoms with van der Waals surface area (Å²) in [6.45, 7) is 3.87. The van der Waals surface area contributed by atoms with Gasteiger partial charge in [0.15, 0.2) is 23.0 Å². The average Bonchev–Trinajstić information content (AvgIpc) is 3.19. The van der Waals surface area contributed by atoms with Crippen LogP contribution in [0.2, 0.25) is 0 Å². The van der Waals surface area contributed by atoms with Crippen molar-refractivity contribution in [3.05, 3.63) is 130 Å². The van der Waals surface area contributed by atoms with Crippen molar-refractivity contribution in [2.45, 2.75) is 57.5 Å². The van der Waals surface area contributed by atoms with Gasteiger partial charge in [-0.25, -0.2) is 0 Å². The number of benzene rings is 3. The van der Waals surface area contributed by atoms with Crippen molar-refractivity contribution in [1.82, 2.24) is 9.80 Å². The lowest BCUT2D eigenvalue weighted by Gasteiger charge is -2.37. The van der Waals surface area contributed by atoms with Crippen LogP contribution in [0.15, 0.2) is 102 Å². The predicted molar refractivity (Wildman–Crippen MR) is 213 cm³/mol. The number of hydrogen-bond donors (Lipinski definition) is 0. The van der Waals surface area contributed by atoms with Gasteiger partial charge in [0.1, 0.15) is 17.3 Å². The van der Waals surface area contributed by atoms with E-state index in [1.54, 1.807) is 21.3 Å². The summed E-state index contributed by atoms with van der Waals surface area (Å²) in [6.07, 6.45) is 20.9. The van der Waals surface area contributed by atoms with E-state index in [0.717, 1.165) is 71.7 Å². The summed E-state index contributed by atoms with van der Waals surface area (Å²) in [4.78, 5) is 18.6. The van der Waals surface area contributed by atoms with E-state index in [9.17, 15) is 4.79 Å². The number of ketones is 1. The van der Waals surface area contributed by atoms with Crippen molar-refractivity contribution in [2.24, 2.45) is 5.92 Å². The lowest BCUT2D eigenvalue weighted by Crippen LogP contribution is -2.34. The first-order valence-electron chi connectivity index (χ1n) is 19.0. The Kier molecular flexibility index (Phi) is 11.4. The maximum atomic E-state index is 13.8. The second-order valence-corrected chi connectivity index (χ2v) is 14.7. The van der Waals surface area contributed by atoms with Crippen molar-refractivity contribution < 1.29 is 28.5 Å². The third-order valence-corrected chi connectivity index (χ3v) is 11.3. The number of carbonyl (C=O) groups excluding carboxylic acids is 1. The van der Waals surface area contributed by atoms with E-state index < -0.39 is 0 Å². The molecule has 8 nitrogen and oxygen atoms in total. The quantitative estimate of drug-likeness (QED) is 0.250. The summed E-state index contributed by atoms with van der Waals surface area (Å²) in [7, 11) is 9.33. The molecule has 54 heavy (non-hydrogen) atoms. The summed E-state index contributed by atoms with van der Waals surface area (Å²) in [5.41, 5.74) is 6.36. The van der Waals surface area contributed by atoms with Crippen LogP contribution in [0.25, 0.3) is 0 Å². The zero-order valence-corrected chi connectivity index (χ0v) is 32.4. The molecule has 1 unspecified atom stereocenters. The van der Waals surface area contributed by atoms with E-state index in [0.29, 0.717) is 41.6 Å². The number of allylic oxidation sites excluding steroid dienone is 7. The Bertz CT molecular complexity index is 2020. The van der Waals surface area contributed by atoms with Crippen LogP contribution in [0, 0.1) is 5.92 Å². The molecule has 4 aliphatic heterocycles. The van der Waals surface area contributed by atoms with Crippen molar-refractivity contribution in [3.8, 4) is 34.5 Å². The zero-order chi connectivity index (χ0) is 37.8. The third kappa shape index (κ3) is 7.91. The Morgan fingerprint density at radius 3 is 2.39 bits per heavy atom. The first kappa shape index (κ1) is 37.3. The Balaban J connectivity index is 1.44. The molecule has 4 heterocycles. The van der Waals surface area contributed by atoms with Gasteiger partial charge in [0, 0.05) is 43.1 Å². The molecular weight excluding hydrogens is 677 g/mol. The number of methoxy groups -OCH3 is 3. The summed E-state index contributed by atoms with van der Waals surface area (Å²) in [5.74, 6) is 4.53. The van der Waals surface area contributed by atoms with Crippen molar-refractivity contribution in [2.75, 3.05) is 48.5 Å². The van der Waals surface area contributed by atoms with Crippen LogP contribution >= 0.6 is 0 Å². The Morgan fingerprint density at radius 2 is 1.65 bits per heavy atom. The first-order chi connectivity index (χ1) is 26.3. The summed E-state index contributed by atoms with van der Waals surface area (Å²) < 4.78 is 31.7. The van der Waals surface area contributed by atoms with Gasteiger partial charge in [-0.1, -0.05) is 54.7 Å². The van der Waals surface area contributed by atoms with Gasteiger partial charge in [0.2, 0.25) is 5.75 Å². The van der Waals surface area contributed by atoms with E-state index >= 15 is 0 Å². The van der Waals surface area contributed by atoms with Crippen LogP contribution in [0.3, 0.4) is 0 Å². The molecule has 0 saturated carbocycles. The largest absolute Gasteiger partial charge is 0.493 e. The Labute approximate surface area is 320 Å². The first-order valence-corrected chi connectivity index (χ1v) is 19.0. The molecule has 1 aliphatic carbocycles. The summed E-state index contributed by atoms with van der Waals surface area (Å²) >= 11 is 0. The number of hydrogen-bond acceptors (Lipinski definition) is 8. The molecule has 5 aliphatic rings. The molecule has 0 spiro atoms. The highest BCUT2D eigenvalue weighted by Gasteiger charge is 2.34. The van der Waals surface area contributed by atoms with E-state index in [2.05, 4.69) is 85.5 Å². The number of Topliss-reactive ketones (excluding diaryl/α,β-unsaturated/α-hetero) is 1. The lowest BCUT2D eigenvalue weighted by molar-refractivity contribution is -0.120. The normalized spacial score (nSPS) is 22.1. The second-order valence-electron chi connectivity index (χ2n) is 14.7. The van der Waals surface area contributed by atoms with Gasteiger partial charge >= 0.3 is 0 Å². The van der Waals surface area contributed by atoms with Crippen LogP contribution < -0.4 is 23.7 Å². The molecule has 3 aromatic carbocycles. The number of ether oxygens (including phenoxy) is 5. The van der Waals surface area contributed by atoms with Gasteiger partial charge in [-0.15, -0.1) is 0 Å². The standard InChI is InChI=1S/C46H52N2O6/c1-30-12-10-11-22-47(2)36-17-20-40(30)54-46-44-33(27-43(51-5)45(46)52-6)21-23-48(3)38(44)25-34-29-42(53-37-18-15-31(24-36)16-19-37)41(50-4)28-35(34)26-39(49)32-13-8-7-9-14-32/h7-10,12-13,15-20,27-29,32,36,38H,11,14,21-26H2,1-6H3/b12-10+,20-17?,40-30?/t32?,36-,38+/m1/s1. The number of likely N-dealkylation sites (N-methyl/N-ethyl adjacent to an activating group) is 2. The van der Waals surface area contributed by atoms with E-state index in [4.69, 9.17) is 23.7 Å². The topological polar surface area (TPSA) is 69.7 Å². The van der Waals surface area contributed by atoms with E-state index in [1.807, 2.05) is 36.4 Å². The molecule has 3 atom stereocenters. The van der Waals surface area contributed by atoms with Gasteiger partial charge in [0.25, 0.3) is 0 Å². The summed E-state index contributed by atoms with van der Waals surface area (Å²) in [5, 5.41) is 0. The minimum Gasteiger partial charge on any atom is -0.493 e. The molecule has 0 N–H and O–H groups in total. The molecular formula is C46H52N2O6. The van der Waals surface area contributed by atoms with Crippen molar-refractivity contribution >= 4 is 5.78 Å². The molecule has 0 amide bonds. The van der Waals surface area contributed by atoms with Crippen LogP contribution in [-0.2, 0) is 30.5 Å². The highest BCUT2D eigenvalue weighted by molar-refractivity contribution is 5.86. The third-order valence-electron chi connectivity index (χ3n) is 11.3. The Morgan fingerprint density at radius 1 is 0.833 bits per heavy atom. The molecule has 0 aromatic heterocycles. The van der Waals surface area contributed by atoms with Gasteiger partial charge < -0.3 is 23.7 Å².